The molecule has 2 aromatic rings. The molecule has 0 bridgehead atoms. The Morgan fingerprint density at radius 2 is 1.68 bits per heavy atom. The summed E-state index contributed by atoms with van der Waals surface area (Å²) in [5, 5.41) is 0. The van der Waals surface area contributed by atoms with E-state index in [1.807, 2.05) is 31.2 Å². The van der Waals surface area contributed by atoms with Crippen LogP contribution in [0.25, 0.3) is 0 Å². The minimum atomic E-state index is 0.218. The van der Waals surface area contributed by atoms with E-state index in [2.05, 4.69) is 34.9 Å². The van der Waals surface area contributed by atoms with Crippen LogP contribution in [0.3, 0.4) is 0 Å². The van der Waals surface area contributed by atoms with Gasteiger partial charge in [-0.2, -0.15) is 0 Å². The van der Waals surface area contributed by atoms with Gasteiger partial charge in [0, 0.05) is 37.4 Å². The van der Waals surface area contributed by atoms with Crippen LogP contribution in [0.5, 0.6) is 5.75 Å². The third-order valence-electron chi connectivity index (χ3n) is 4.86. The fraction of sp³-hybridized carbons (Fsp3) is 0.381. The van der Waals surface area contributed by atoms with Crippen molar-refractivity contribution in [2.75, 3.05) is 44.7 Å². The average Bonchev–Trinajstić information content (AvgIpc) is 2.62. The Hall–Kier alpha value is -2.33. The summed E-state index contributed by atoms with van der Waals surface area (Å²) in [5.74, 6) is 1.09. The molecule has 0 saturated carbocycles. The molecule has 25 heavy (non-hydrogen) atoms. The lowest BCUT2D eigenvalue weighted by Gasteiger charge is -2.35. The number of anilines is 1. The number of piperazine rings is 1. The Balaban J connectivity index is 1.56. The van der Waals surface area contributed by atoms with Crippen LogP contribution in [0.1, 0.15) is 21.5 Å². The predicted molar refractivity (Wildman–Crippen MR) is 102 cm³/mol. The van der Waals surface area contributed by atoms with Crippen LogP contribution in [0, 0.1) is 13.8 Å². The molecule has 3 rings (SSSR count). The van der Waals surface area contributed by atoms with Gasteiger partial charge in [0.05, 0.1) is 13.7 Å². The molecule has 1 fully saturated rings. The van der Waals surface area contributed by atoms with E-state index in [0.717, 1.165) is 43.1 Å². The number of hydrogen-bond acceptors (Lipinski definition) is 4. The highest BCUT2D eigenvalue weighted by Gasteiger charge is 2.20. The molecular weight excluding hydrogens is 312 g/mol. The van der Waals surface area contributed by atoms with Gasteiger partial charge in [-0.15, -0.1) is 0 Å². The van der Waals surface area contributed by atoms with E-state index in [1.54, 1.807) is 7.11 Å². The van der Waals surface area contributed by atoms with Crippen LogP contribution in [0.4, 0.5) is 5.69 Å². The quantitative estimate of drug-likeness (QED) is 0.783. The summed E-state index contributed by atoms with van der Waals surface area (Å²) in [6.45, 7) is 8.26. The zero-order valence-electron chi connectivity index (χ0n) is 15.3. The number of rotatable bonds is 5. The average molecular weight is 338 g/mol. The largest absolute Gasteiger partial charge is 0.497 e. The van der Waals surface area contributed by atoms with Gasteiger partial charge in [-0.05, 0) is 43.7 Å². The van der Waals surface area contributed by atoms with E-state index in [0.29, 0.717) is 6.54 Å². The number of hydrogen-bond donors (Lipinski definition) is 0. The Morgan fingerprint density at radius 3 is 2.28 bits per heavy atom. The lowest BCUT2D eigenvalue weighted by atomic mass is 10.0. The second kappa shape index (κ2) is 7.70. The van der Waals surface area contributed by atoms with E-state index in [-0.39, 0.29) is 5.78 Å². The van der Waals surface area contributed by atoms with Gasteiger partial charge in [-0.25, -0.2) is 0 Å². The molecular formula is C21H26N2O2. The zero-order chi connectivity index (χ0) is 17.8. The van der Waals surface area contributed by atoms with Crippen molar-refractivity contribution in [1.29, 1.82) is 0 Å². The van der Waals surface area contributed by atoms with Crippen molar-refractivity contribution in [1.82, 2.24) is 4.90 Å². The molecule has 0 N–H and O–H groups in total. The summed E-state index contributed by atoms with van der Waals surface area (Å²) in [4.78, 5) is 17.2. The highest BCUT2D eigenvalue weighted by atomic mass is 16.5. The van der Waals surface area contributed by atoms with Crippen molar-refractivity contribution in [3.05, 3.63) is 59.2 Å². The predicted octanol–water partition coefficient (Wildman–Crippen LogP) is 3.32. The van der Waals surface area contributed by atoms with Crippen molar-refractivity contribution >= 4 is 11.5 Å². The maximum absolute atomic E-state index is 12.6. The first-order valence-corrected chi connectivity index (χ1v) is 8.78. The van der Waals surface area contributed by atoms with Gasteiger partial charge in [-0.1, -0.05) is 23.8 Å². The van der Waals surface area contributed by atoms with E-state index in [9.17, 15) is 4.79 Å². The molecule has 0 aromatic heterocycles. The number of carbonyl (C=O) groups is 1. The van der Waals surface area contributed by atoms with Gasteiger partial charge >= 0.3 is 0 Å². The van der Waals surface area contributed by atoms with Crippen molar-refractivity contribution in [3.63, 3.8) is 0 Å². The number of ether oxygens (including phenoxy) is 1. The van der Waals surface area contributed by atoms with Crippen LogP contribution in [-0.4, -0.2) is 50.5 Å². The fourth-order valence-electron chi connectivity index (χ4n) is 3.37. The van der Waals surface area contributed by atoms with Gasteiger partial charge in [0.15, 0.2) is 5.78 Å². The van der Waals surface area contributed by atoms with E-state index in [1.165, 1.54) is 11.3 Å². The second-order valence-corrected chi connectivity index (χ2v) is 6.70. The molecule has 2 aromatic carbocycles. The second-order valence-electron chi connectivity index (χ2n) is 6.70. The molecule has 0 amide bonds. The molecule has 0 unspecified atom stereocenters. The highest BCUT2D eigenvalue weighted by Crippen LogP contribution is 2.20. The zero-order valence-corrected chi connectivity index (χ0v) is 15.3. The number of nitrogens with zero attached hydrogens (tertiary/aromatic N) is 2. The molecule has 4 heteroatoms. The van der Waals surface area contributed by atoms with Gasteiger partial charge in [-0.3, -0.25) is 9.69 Å². The molecule has 1 heterocycles. The first kappa shape index (κ1) is 17.5. The molecule has 0 atom stereocenters. The number of methoxy groups -OCH3 is 1. The van der Waals surface area contributed by atoms with E-state index in [4.69, 9.17) is 4.74 Å². The monoisotopic (exact) mass is 338 g/mol. The van der Waals surface area contributed by atoms with Gasteiger partial charge in [0.2, 0.25) is 0 Å². The van der Waals surface area contributed by atoms with Crippen molar-refractivity contribution in [2.24, 2.45) is 0 Å². The first-order valence-electron chi connectivity index (χ1n) is 8.78. The summed E-state index contributed by atoms with van der Waals surface area (Å²) < 4.78 is 5.21. The summed E-state index contributed by atoms with van der Waals surface area (Å²) in [7, 11) is 1.68. The molecule has 1 saturated heterocycles. The van der Waals surface area contributed by atoms with Crippen molar-refractivity contribution in [3.8, 4) is 5.75 Å². The number of Topliss-reactive ketones (excluding diaryl/α,β-unsaturated/α-hetero) is 1. The van der Waals surface area contributed by atoms with Gasteiger partial charge in [0.1, 0.15) is 5.75 Å². The highest BCUT2D eigenvalue weighted by molar-refractivity contribution is 5.99. The normalized spacial score (nSPS) is 15.2. The Kier molecular flexibility index (Phi) is 5.39. The minimum Gasteiger partial charge on any atom is -0.497 e. The maximum atomic E-state index is 12.6. The van der Waals surface area contributed by atoms with Crippen molar-refractivity contribution in [2.45, 2.75) is 13.8 Å². The number of aryl methyl sites for hydroxylation is 2. The molecule has 132 valence electrons. The van der Waals surface area contributed by atoms with Crippen LogP contribution in [-0.2, 0) is 0 Å². The number of benzene rings is 2. The third kappa shape index (κ3) is 4.20. The van der Waals surface area contributed by atoms with Crippen LogP contribution < -0.4 is 9.64 Å². The lowest BCUT2D eigenvalue weighted by molar-refractivity contribution is 0.0926. The molecule has 1 aliphatic rings. The van der Waals surface area contributed by atoms with Crippen molar-refractivity contribution < 1.29 is 9.53 Å². The van der Waals surface area contributed by atoms with Crippen LogP contribution in [0.15, 0.2) is 42.5 Å². The molecule has 0 aliphatic carbocycles. The summed E-state index contributed by atoms with van der Waals surface area (Å²) in [5.41, 5.74) is 4.33. The van der Waals surface area contributed by atoms with E-state index < -0.39 is 0 Å². The molecule has 0 spiro atoms. The maximum Gasteiger partial charge on any atom is 0.177 e. The first-order chi connectivity index (χ1) is 12.1. The minimum absolute atomic E-state index is 0.218. The molecule has 0 radical (unpaired) electrons. The van der Waals surface area contributed by atoms with Gasteiger partial charge < -0.3 is 9.64 Å². The smallest absolute Gasteiger partial charge is 0.177 e. The Morgan fingerprint density at radius 1 is 1.00 bits per heavy atom. The van der Waals surface area contributed by atoms with E-state index >= 15 is 0 Å². The van der Waals surface area contributed by atoms with Crippen LogP contribution >= 0.6 is 0 Å². The Bertz CT molecular complexity index is 732. The Labute approximate surface area is 150 Å². The summed E-state index contributed by atoms with van der Waals surface area (Å²) >= 11 is 0. The number of carbonyl (C=O) groups excluding carboxylic acids is 1. The lowest BCUT2D eigenvalue weighted by Crippen LogP contribution is -2.48. The standard InChI is InChI=1S/C21H26N2O2/c1-16-4-9-20(17(2)14-16)21(24)15-22-10-12-23(13-11-22)18-5-7-19(25-3)8-6-18/h4-9,14H,10-13,15H2,1-3H3. The molecule has 1 aliphatic heterocycles. The van der Waals surface area contributed by atoms with Crippen LogP contribution in [0.2, 0.25) is 0 Å². The SMILES string of the molecule is COc1ccc(N2CCN(CC(=O)c3ccc(C)cc3C)CC2)cc1. The third-order valence-corrected chi connectivity index (χ3v) is 4.86. The van der Waals surface area contributed by atoms with Gasteiger partial charge in [0.25, 0.3) is 0 Å². The summed E-state index contributed by atoms with van der Waals surface area (Å²) in [6.07, 6.45) is 0. The number of ketones is 1. The summed E-state index contributed by atoms with van der Waals surface area (Å²) in [6, 6.07) is 14.2. The molecule has 4 nitrogen and oxygen atoms in total. The fourth-order valence-corrected chi connectivity index (χ4v) is 3.37. The topological polar surface area (TPSA) is 32.8 Å².